The fraction of sp³-hybridized carbons (Fsp3) is 0.0588. The first-order valence-electron chi connectivity index (χ1n) is 6.84. The average molecular weight is 293 g/mol. The summed E-state index contributed by atoms with van der Waals surface area (Å²) in [6, 6.07) is 16.4. The quantitative estimate of drug-likeness (QED) is 0.802. The Labute approximate surface area is 127 Å². The van der Waals surface area contributed by atoms with E-state index in [0.29, 0.717) is 23.9 Å². The molecule has 0 fully saturated rings. The molecule has 0 saturated heterocycles. The molecule has 2 heterocycles. The number of pyridine rings is 2. The van der Waals surface area contributed by atoms with Crippen LogP contribution in [0.4, 0.5) is 5.82 Å². The second-order valence-corrected chi connectivity index (χ2v) is 4.79. The van der Waals surface area contributed by atoms with Gasteiger partial charge in [-0.3, -0.25) is 9.36 Å². The highest BCUT2D eigenvalue weighted by Crippen LogP contribution is 2.12. The number of anilines is 1. The van der Waals surface area contributed by atoms with E-state index in [-0.39, 0.29) is 5.56 Å². The number of benzene rings is 1. The van der Waals surface area contributed by atoms with Gasteiger partial charge in [-0.15, -0.1) is 0 Å². The highest BCUT2D eigenvalue weighted by molar-refractivity contribution is 5.38. The topological polar surface area (TPSA) is 70.1 Å². The Balaban J connectivity index is 1.77. The minimum absolute atomic E-state index is 0.183. The maximum Gasteiger partial charge on any atom is 0.258 e. The van der Waals surface area contributed by atoms with Gasteiger partial charge in [-0.1, -0.05) is 30.3 Å². The van der Waals surface area contributed by atoms with Gasteiger partial charge in [0.15, 0.2) is 0 Å². The molecule has 0 radical (unpaired) electrons. The van der Waals surface area contributed by atoms with E-state index in [1.807, 2.05) is 30.3 Å². The number of hydrogen-bond acceptors (Lipinski definition) is 4. The Hall–Kier alpha value is -3.08. The summed E-state index contributed by atoms with van der Waals surface area (Å²) >= 11 is 0. The van der Waals surface area contributed by atoms with Gasteiger partial charge in [-0.25, -0.2) is 4.98 Å². The van der Waals surface area contributed by atoms with Crippen molar-refractivity contribution in [1.29, 1.82) is 0 Å². The van der Waals surface area contributed by atoms with Gasteiger partial charge in [0.2, 0.25) is 0 Å². The van der Waals surface area contributed by atoms with Crippen molar-refractivity contribution in [3.63, 3.8) is 0 Å². The molecule has 0 amide bonds. The van der Waals surface area contributed by atoms with Crippen molar-refractivity contribution >= 4 is 5.82 Å². The van der Waals surface area contributed by atoms with E-state index in [9.17, 15) is 4.79 Å². The molecule has 1 aromatic carbocycles. The number of aromatic nitrogens is 2. The molecule has 5 heteroatoms. The zero-order valence-electron chi connectivity index (χ0n) is 11.8. The van der Waals surface area contributed by atoms with Crippen molar-refractivity contribution in [1.82, 2.24) is 9.55 Å². The summed E-state index contributed by atoms with van der Waals surface area (Å²) in [7, 11) is 0. The van der Waals surface area contributed by atoms with Gasteiger partial charge in [-0.05, 0) is 23.8 Å². The normalized spacial score (nSPS) is 10.4. The summed E-state index contributed by atoms with van der Waals surface area (Å²) in [4.78, 5) is 16.1. The molecule has 22 heavy (non-hydrogen) atoms. The SMILES string of the molecule is Nc1ccc(-n2ccc(OCc3ccccc3)cc2=O)cn1. The third-order valence-electron chi connectivity index (χ3n) is 3.19. The first kappa shape index (κ1) is 13.9. The molecular weight excluding hydrogens is 278 g/mol. The Morgan fingerprint density at radius 3 is 2.59 bits per heavy atom. The van der Waals surface area contributed by atoms with Crippen LogP contribution in [0, 0.1) is 0 Å². The van der Waals surface area contributed by atoms with Crippen LogP contribution in [0.2, 0.25) is 0 Å². The van der Waals surface area contributed by atoms with Gasteiger partial charge in [0.1, 0.15) is 18.2 Å². The molecule has 0 atom stereocenters. The van der Waals surface area contributed by atoms with Crippen LogP contribution in [0.1, 0.15) is 5.56 Å². The molecule has 0 aliphatic rings. The number of nitrogens with two attached hydrogens (primary N) is 1. The highest BCUT2D eigenvalue weighted by atomic mass is 16.5. The standard InChI is InChI=1S/C17H15N3O2/c18-16-7-6-14(11-19-16)20-9-8-15(10-17(20)21)22-12-13-4-2-1-3-5-13/h1-11H,12H2,(H2,18,19). The van der Waals surface area contributed by atoms with Crippen LogP contribution in [0.3, 0.4) is 0 Å². The molecule has 5 nitrogen and oxygen atoms in total. The molecule has 0 bridgehead atoms. The van der Waals surface area contributed by atoms with E-state index < -0.39 is 0 Å². The molecule has 0 aliphatic heterocycles. The van der Waals surface area contributed by atoms with Gasteiger partial charge in [0, 0.05) is 12.3 Å². The molecular formula is C17H15N3O2. The molecule has 3 rings (SSSR count). The molecule has 110 valence electrons. The van der Waals surface area contributed by atoms with E-state index >= 15 is 0 Å². The lowest BCUT2D eigenvalue weighted by molar-refractivity contribution is 0.305. The predicted octanol–water partition coefficient (Wildman–Crippen LogP) is 2.39. The largest absolute Gasteiger partial charge is 0.489 e. The molecule has 0 spiro atoms. The molecule has 2 N–H and O–H groups in total. The number of nitrogens with zero attached hydrogens (tertiary/aromatic N) is 2. The Morgan fingerprint density at radius 2 is 1.91 bits per heavy atom. The highest BCUT2D eigenvalue weighted by Gasteiger charge is 2.03. The number of ether oxygens (including phenoxy) is 1. The van der Waals surface area contributed by atoms with Crippen molar-refractivity contribution in [3.05, 3.63) is 82.9 Å². The Morgan fingerprint density at radius 1 is 1.09 bits per heavy atom. The first-order chi connectivity index (χ1) is 10.7. The zero-order chi connectivity index (χ0) is 15.4. The average Bonchev–Trinajstić information content (AvgIpc) is 2.55. The summed E-state index contributed by atoms with van der Waals surface area (Å²) in [5.74, 6) is 0.952. The first-order valence-corrected chi connectivity index (χ1v) is 6.84. The van der Waals surface area contributed by atoms with Gasteiger partial charge in [-0.2, -0.15) is 0 Å². The molecule has 0 saturated carbocycles. The van der Waals surface area contributed by atoms with Gasteiger partial charge in [0.05, 0.1) is 11.9 Å². The number of hydrogen-bond donors (Lipinski definition) is 1. The van der Waals surface area contributed by atoms with Gasteiger partial charge in [0.25, 0.3) is 5.56 Å². The lowest BCUT2D eigenvalue weighted by Gasteiger charge is -2.09. The van der Waals surface area contributed by atoms with Crippen LogP contribution < -0.4 is 16.0 Å². The monoisotopic (exact) mass is 293 g/mol. The van der Waals surface area contributed by atoms with Crippen LogP contribution in [0.15, 0.2) is 71.8 Å². The Kier molecular flexibility index (Phi) is 3.87. The smallest absolute Gasteiger partial charge is 0.258 e. The minimum Gasteiger partial charge on any atom is -0.489 e. The van der Waals surface area contributed by atoms with E-state index in [0.717, 1.165) is 5.56 Å². The van der Waals surface area contributed by atoms with E-state index in [1.54, 1.807) is 30.6 Å². The van der Waals surface area contributed by atoms with Crippen molar-refractivity contribution < 1.29 is 4.74 Å². The zero-order valence-corrected chi connectivity index (χ0v) is 11.8. The van der Waals surface area contributed by atoms with Crippen LogP contribution in [-0.2, 0) is 6.61 Å². The second-order valence-electron chi connectivity index (χ2n) is 4.79. The van der Waals surface area contributed by atoms with Crippen LogP contribution >= 0.6 is 0 Å². The third kappa shape index (κ3) is 3.15. The van der Waals surface area contributed by atoms with Crippen LogP contribution in [0.25, 0.3) is 5.69 Å². The number of rotatable bonds is 4. The number of nitrogen functional groups attached to an aromatic ring is 1. The van der Waals surface area contributed by atoms with Crippen molar-refractivity contribution in [2.45, 2.75) is 6.61 Å². The van der Waals surface area contributed by atoms with E-state index in [2.05, 4.69) is 4.98 Å². The summed E-state index contributed by atoms with van der Waals surface area (Å²) in [6.07, 6.45) is 3.22. The minimum atomic E-state index is -0.183. The fourth-order valence-corrected chi connectivity index (χ4v) is 2.04. The lowest BCUT2D eigenvalue weighted by atomic mass is 10.2. The predicted molar refractivity (Wildman–Crippen MR) is 85.0 cm³/mol. The summed E-state index contributed by atoms with van der Waals surface area (Å²) in [5.41, 5.74) is 7.07. The summed E-state index contributed by atoms with van der Waals surface area (Å²) in [6.45, 7) is 0.424. The van der Waals surface area contributed by atoms with Crippen molar-refractivity contribution in [2.75, 3.05) is 5.73 Å². The van der Waals surface area contributed by atoms with E-state index in [1.165, 1.54) is 10.6 Å². The van der Waals surface area contributed by atoms with Gasteiger partial charge >= 0.3 is 0 Å². The molecule has 0 aliphatic carbocycles. The fourth-order valence-electron chi connectivity index (χ4n) is 2.04. The maximum atomic E-state index is 12.2. The van der Waals surface area contributed by atoms with Crippen molar-refractivity contribution in [3.8, 4) is 11.4 Å². The summed E-state index contributed by atoms with van der Waals surface area (Å²) < 4.78 is 7.12. The maximum absolute atomic E-state index is 12.2. The molecule has 2 aromatic heterocycles. The van der Waals surface area contributed by atoms with Gasteiger partial charge < -0.3 is 10.5 Å². The van der Waals surface area contributed by atoms with Crippen LogP contribution in [0.5, 0.6) is 5.75 Å². The summed E-state index contributed by atoms with van der Waals surface area (Å²) in [5, 5.41) is 0. The second kappa shape index (κ2) is 6.13. The van der Waals surface area contributed by atoms with Crippen molar-refractivity contribution in [2.24, 2.45) is 0 Å². The Bertz CT molecular complexity index is 811. The lowest BCUT2D eigenvalue weighted by Crippen LogP contribution is -2.17. The molecule has 3 aromatic rings. The molecule has 0 unspecified atom stereocenters. The third-order valence-corrected chi connectivity index (χ3v) is 3.19. The van der Waals surface area contributed by atoms with Crippen LogP contribution in [-0.4, -0.2) is 9.55 Å². The van der Waals surface area contributed by atoms with E-state index in [4.69, 9.17) is 10.5 Å².